The van der Waals surface area contributed by atoms with Crippen LogP contribution in [0.1, 0.15) is 13.8 Å². The summed E-state index contributed by atoms with van der Waals surface area (Å²) in [5.41, 5.74) is 0. The second kappa shape index (κ2) is 2.30. The van der Waals surface area contributed by atoms with Gasteiger partial charge in [0.05, 0.1) is 5.02 Å². The molecule has 1 heterocycles. The summed E-state index contributed by atoms with van der Waals surface area (Å²) in [6.45, 7) is 3.67. The normalized spacial score (nSPS) is 17.9. The molecule has 1 radical (unpaired) electrons. The molecule has 0 aliphatic carbocycles. The number of benzene rings is 1. The summed E-state index contributed by atoms with van der Waals surface area (Å²) >= 11 is 5.86. The van der Waals surface area contributed by atoms with Gasteiger partial charge in [-0.05, 0) is 18.2 Å². The number of hydrogen-bond donors (Lipinski definition) is 0. The summed E-state index contributed by atoms with van der Waals surface area (Å²) < 4.78 is 10.9. The summed E-state index contributed by atoms with van der Waals surface area (Å²) in [5, 5.41) is 0.540. The Bertz CT molecular complexity index is 320. The fourth-order valence-electron chi connectivity index (χ4n) is 1.15. The van der Waals surface area contributed by atoms with Crippen LogP contribution in [0.2, 0.25) is 5.02 Å². The molecule has 0 spiro atoms. The first-order valence-corrected chi connectivity index (χ1v) is 4.04. The van der Waals surface area contributed by atoms with Gasteiger partial charge in [-0.1, -0.05) is 11.6 Å². The lowest BCUT2D eigenvalue weighted by atomic mass is 10.3. The predicted octanol–water partition coefficient (Wildman–Crippen LogP) is 2.65. The highest BCUT2D eigenvalue weighted by Gasteiger charge is 2.32. The van der Waals surface area contributed by atoms with Crippen LogP contribution in [0.25, 0.3) is 0 Å². The fourth-order valence-corrected chi connectivity index (χ4v) is 1.34. The lowest BCUT2D eigenvalue weighted by molar-refractivity contribution is -0.0431. The van der Waals surface area contributed by atoms with Crippen LogP contribution in [-0.4, -0.2) is 5.79 Å². The molecule has 0 bridgehead atoms. The Kier molecular flexibility index (Phi) is 1.48. The molecule has 0 aromatic heterocycles. The maximum Gasteiger partial charge on any atom is 0.246 e. The predicted molar refractivity (Wildman–Crippen MR) is 45.6 cm³/mol. The van der Waals surface area contributed by atoms with Crippen LogP contribution in [-0.2, 0) is 0 Å². The van der Waals surface area contributed by atoms with Crippen molar-refractivity contribution < 1.29 is 9.47 Å². The van der Waals surface area contributed by atoms with Gasteiger partial charge >= 0.3 is 0 Å². The summed E-state index contributed by atoms with van der Waals surface area (Å²) in [7, 11) is 0. The van der Waals surface area contributed by atoms with Crippen LogP contribution in [0.4, 0.5) is 0 Å². The van der Waals surface area contributed by atoms with E-state index in [1.54, 1.807) is 12.1 Å². The molecule has 2 rings (SSSR count). The van der Waals surface area contributed by atoms with E-state index in [1.807, 2.05) is 13.8 Å². The molecule has 1 aromatic carbocycles. The smallest absolute Gasteiger partial charge is 0.246 e. The third-order valence-electron chi connectivity index (χ3n) is 1.57. The highest BCUT2D eigenvalue weighted by atomic mass is 35.5. The van der Waals surface area contributed by atoms with Crippen molar-refractivity contribution in [3.63, 3.8) is 0 Å². The summed E-state index contributed by atoms with van der Waals surface area (Å²) in [6.07, 6.45) is 0. The van der Waals surface area contributed by atoms with E-state index in [4.69, 9.17) is 21.1 Å². The van der Waals surface area contributed by atoms with Crippen molar-refractivity contribution >= 4 is 11.6 Å². The van der Waals surface area contributed by atoms with Gasteiger partial charge in [-0.2, -0.15) is 0 Å². The van der Waals surface area contributed by atoms with Gasteiger partial charge in [0.25, 0.3) is 0 Å². The van der Waals surface area contributed by atoms with Crippen LogP contribution in [0.3, 0.4) is 0 Å². The number of halogens is 1. The lowest BCUT2D eigenvalue weighted by Crippen LogP contribution is -2.29. The van der Waals surface area contributed by atoms with Crippen molar-refractivity contribution in [1.29, 1.82) is 0 Å². The maximum atomic E-state index is 5.86. The van der Waals surface area contributed by atoms with Crippen molar-refractivity contribution in [1.82, 2.24) is 0 Å². The average molecular weight is 184 g/mol. The molecule has 0 N–H and O–H groups in total. The van der Waals surface area contributed by atoms with Gasteiger partial charge in [-0.25, -0.2) is 0 Å². The van der Waals surface area contributed by atoms with Gasteiger partial charge in [0.2, 0.25) is 5.79 Å². The van der Waals surface area contributed by atoms with Gasteiger partial charge in [-0.15, -0.1) is 0 Å². The number of fused-ring (bicyclic) bond motifs is 1. The van der Waals surface area contributed by atoms with E-state index < -0.39 is 5.79 Å². The van der Waals surface area contributed by atoms with Gasteiger partial charge in [-0.3, -0.25) is 0 Å². The highest BCUT2D eigenvalue weighted by molar-refractivity contribution is 6.32. The first-order chi connectivity index (χ1) is 5.58. The summed E-state index contributed by atoms with van der Waals surface area (Å²) in [5.74, 6) is 0.661. The second-order valence-corrected chi connectivity index (χ2v) is 3.51. The van der Waals surface area contributed by atoms with Gasteiger partial charge in [0.1, 0.15) is 0 Å². The molecule has 2 nitrogen and oxygen atoms in total. The molecule has 1 aliphatic rings. The first kappa shape index (κ1) is 7.74. The van der Waals surface area contributed by atoms with Crippen LogP contribution < -0.4 is 9.47 Å². The summed E-state index contributed by atoms with van der Waals surface area (Å²) in [6, 6.07) is 6.24. The Morgan fingerprint density at radius 3 is 2.75 bits per heavy atom. The van der Waals surface area contributed by atoms with E-state index in [2.05, 4.69) is 6.07 Å². The Balaban J connectivity index is 2.48. The minimum Gasteiger partial charge on any atom is -0.449 e. The molecular formula is C9H8ClO2. The quantitative estimate of drug-likeness (QED) is 0.616. The Morgan fingerprint density at radius 1 is 1.33 bits per heavy atom. The van der Waals surface area contributed by atoms with E-state index >= 15 is 0 Å². The highest BCUT2D eigenvalue weighted by Crippen LogP contribution is 2.43. The minimum atomic E-state index is -0.610. The molecule has 3 heteroatoms. The molecule has 1 aliphatic heterocycles. The molecule has 0 saturated heterocycles. The molecular weight excluding hydrogens is 176 g/mol. The zero-order chi connectivity index (χ0) is 8.77. The van der Waals surface area contributed by atoms with Crippen molar-refractivity contribution in [2.45, 2.75) is 19.6 Å². The van der Waals surface area contributed by atoms with Crippen LogP contribution in [0, 0.1) is 6.07 Å². The molecule has 1 aromatic rings. The van der Waals surface area contributed by atoms with Crippen molar-refractivity contribution in [2.24, 2.45) is 0 Å². The maximum absolute atomic E-state index is 5.86. The van der Waals surface area contributed by atoms with E-state index in [9.17, 15) is 0 Å². The monoisotopic (exact) mass is 183 g/mol. The molecule has 0 amide bonds. The van der Waals surface area contributed by atoms with Gasteiger partial charge < -0.3 is 9.47 Å². The van der Waals surface area contributed by atoms with Crippen molar-refractivity contribution in [2.75, 3.05) is 0 Å². The number of ether oxygens (including phenoxy) is 2. The lowest BCUT2D eigenvalue weighted by Gasteiger charge is -2.16. The third-order valence-corrected chi connectivity index (χ3v) is 1.85. The minimum absolute atomic E-state index is 0.540. The van der Waals surface area contributed by atoms with E-state index in [1.165, 1.54) is 0 Å². The van der Waals surface area contributed by atoms with Crippen LogP contribution in [0.5, 0.6) is 11.5 Å². The van der Waals surface area contributed by atoms with E-state index in [0.717, 1.165) is 0 Å². The standard InChI is InChI=1S/C9H8ClO2/c1-9(2)11-7-5-3-4-6(10)8(7)12-9/h4-5H,1-2H3. The Labute approximate surface area is 76.1 Å². The fraction of sp³-hybridized carbons (Fsp3) is 0.333. The van der Waals surface area contributed by atoms with E-state index in [0.29, 0.717) is 16.5 Å². The SMILES string of the molecule is CC1(C)Oc2c[c]cc(Cl)c2O1. The molecule has 0 atom stereocenters. The second-order valence-electron chi connectivity index (χ2n) is 3.10. The van der Waals surface area contributed by atoms with Crippen LogP contribution >= 0.6 is 11.6 Å². The number of rotatable bonds is 0. The van der Waals surface area contributed by atoms with Crippen molar-refractivity contribution in [3.8, 4) is 11.5 Å². The Morgan fingerprint density at radius 2 is 2.08 bits per heavy atom. The van der Waals surface area contributed by atoms with Crippen LogP contribution in [0.15, 0.2) is 12.1 Å². The average Bonchev–Trinajstić information content (AvgIpc) is 2.25. The third kappa shape index (κ3) is 1.12. The van der Waals surface area contributed by atoms with Crippen molar-refractivity contribution in [3.05, 3.63) is 23.2 Å². The molecule has 12 heavy (non-hydrogen) atoms. The molecule has 0 unspecified atom stereocenters. The first-order valence-electron chi connectivity index (χ1n) is 3.66. The summed E-state index contributed by atoms with van der Waals surface area (Å²) in [4.78, 5) is 0. The Hall–Kier alpha value is -0.890. The zero-order valence-electron chi connectivity index (χ0n) is 6.85. The number of hydrogen-bond acceptors (Lipinski definition) is 2. The molecule has 63 valence electrons. The largest absolute Gasteiger partial charge is 0.449 e. The van der Waals surface area contributed by atoms with E-state index in [-0.39, 0.29) is 0 Å². The van der Waals surface area contributed by atoms with Gasteiger partial charge in [0, 0.05) is 13.8 Å². The molecule has 0 fully saturated rings. The molecule has 0 saturated carbocycles. The topological polar surface area (TPSA) is 18.5 Å². The van der Waals surface area contributed by atoms with Gasteiger partial charge in [0.15, 0.2) is 11.5 Å². The zero-order valence-corrected chi connectivity index (χ0v) is 7.61.